The van der Waals surface area contributed by atoms with E-state index in [4.69, 9.17) is 11.6 Å². The van der Waals surface area contributed by atoms with E-state index in [2.05, 4.69) is 37.8 Å². The molecule has 26 heavy (non-hydrogen) atoms. The highest BCUT2D eigenvalue weighted by molar-refractivity contribution is 6.31. The lowest BCUT2D eigenvalue weighted by Crippen LogP contribution is -2.13. The highest BCUT2D eigenvalue weighted by Crippen LogP contribution is 2.21. The zero-order valence-electron chi connectivity index (χ0n) is 14.4. The van der Waals surface area contributed by atoms with Crippen molar-refractivity contribution in [1.82, 2.24) is 25.1 Å². The van der Waals surface area contributed by atoms with Crippen LogP contribution in [0.5, 0.6) is 0 Å². The highest BCUT2D eigenvalue weighted by atomic mass is 35.5. The van der Waals surface area contributed by atoms with Crippen molar-refractivity contribution in [1.29, 1.82) is 0 Å². The molecule has 6 nitrogen and oxygen atoms in total. The summed E-state index contributed by atoms with van der Waals surface area (Å²) < 4.78 is 1.99. The number of aromatic nitrogens is 4. The van der Waals surface area contributed by atoms with E-state index in [9.17, 15) is 0 Å². The highest BCUT2D eigenvalue weighted by Gasteiger charge is 2.17. The number of halogens is 1. The van der Waals surface area contributed by atoms with Crippen molar-refractivity contribution in [2.45, 2.75) is 25.3 Å². The van der Waals surface area contributed by atoms with E-state index in [1.54, 1.807) is 12.4 Å². The predicted molar refractivity (Wildman–Crippen MR) is 103 cm³/mol. The van der Waals surface area contributed by atoms with Crippen molar-refractivity contribution in [2.24, 2.45) is 0 Å². The molecule has 1 unspecified atom stereocenters. The summed E-state index contributed by atoms with van der Waals surface area (Å²) in [6, 6.07) is 10.7. The summed E-state index contributed by atoms with van der Waals surface area (Å²) in [7, 11) is 0. The minimum atomic E-state index is 0.415. The van der Waals surface area contributed by atoms with Crippen LogP contribution in [0.25, 0.3) is 0 Å². The summed E-state index contributed by atoms with van der Waals surface area (Å²) in [4.78, 5) is 8.88. The average Bonchev–Trinajstić information content (AvgIpc) is 3.35. The normalized spacial score (nSPS) is 16.7. The number of benzene rings is 1. The summed E-state index contributed by atoms with van der Waals surface area (Å²) >= 11 is 6.28. The minimum Gasteiger partial charge on any atom is -0.321 e. The number of nitrogens with one attached hydrogen (secondary N) is 2. The van der Waals surface area contributed by atoms with Crippen molar-refractivity contribution in [3.63, 3.8) is 0 Å². The van der Waals surface area contributed by atoms with E-state index in [0.717, 1.165) is 43.7 Å². The molecule has 0 radical (unpaired) electrons. The molecule has 0 bridgehead atoms. The first-order valence-corrected chi connectivity index (χ1v) is 9.23. The van der Waals surface area contributed by atoms with E-state index >= 15 is 0 Å². The Morgan fingerprint density at radius 3 is 2.88 bits per heavy atom. The number of nitrogens with zero attached hydrogens (tertiary/aromatic N) is 4. The maximum Gasteiger partial charge on any atom is 0.227 e. The Hall–Kier alpha value is -2.44. The molecule has 0 aliphatic carbocycles. The topological polar surface area (TPSA) is 67.7 Å². The second-order valence-electron chi connectivity index (χ2n) is 6.45. The summed E-state index contributed by atoms with van der Waals surface area (Å²) in [6.07, 6.45) is 8.22. The first-order chi connectivity index (χ1) is 12.8. The number of aryl methyl sites for hydroxylation is 2. The van der Waals surface area contributed by atoms with E-state index < -0.39 is 0 Å². The monoisotopic (exact) mass is 368 g/mol. The Bertz CT molecular complexity index is 857. The summed E-state index contributed by atoms with van der Waals surface area (Å²) in [6.45, 7) is 2.00. The van der Waals surface area contributed by atoms with Gasteiger partial charge in [0.15, 0.2) is 0 Å². The Morgan fingerprint density at radius 2 is 2.08 bits per heavy atom. The Morgan fingerprint density at radius 1 is 1.19 bits per heavy atom. The van der Waals surface area contributed by atoms with Gasteiger partial charge in [0.05, 0.1) is 34.8 Å². The molecule has 4 rings (SSSR count). The number of anilines is 2. The molecule has 134 valence electrons. The maximum absolute atomic E-state index is 6.28. The molecule has 0 saturated carbocycles. The summed E-state index contributed by atoms with van der Waals surface area (Å²) in [5.74, 6) is 0.543. The quantitative estimate of drug-likeness (QED) is 0.698. The van der Waals surface area contributed by atoms with Gasteiger partial charge in [0.2, 0.25) is 5.95 Å². The van der Waals surface area contributed by atoms with E-state index in [-0.39, 0.29) is 0 Å². The van der Waals surface area contributed by atoms with Crippen LogP contribution < -0.4 is 10.6 Å². The lowest BCUT2D eigenvalue weighted by Gasteiger charge is -2.08. The second kappa shape index (κ2) is 7.85. The van der Waals surface area contributed by atoms with Crippen molar-refractivity contribution in [2.75, 3.05) is 18.4 Å². The smallest absolute Gasteiger partial charge is 0.227 e. The molecule has 3 aromatic rings. The van der Waals surface area contributed by atoms with Gasteiger partial charge in [0.25, 0.3) is 0 Å². The number of hydrogen-bond acceptors (Lipinski definition) is 5. The van der Waals surface area contributed by atoms with Crippen LogP contribution in [0.15, 0.2) is 48.9 Å². The summed E-state index contributed by atoms with van der Waals surface area (Å²) in [5.41, 5.74) is 3.00. The molecular formula is C19H21ClN6. The Kier molecular flexibility index (Phi) is 5.13. The Labute approximate surface area is 157 Å². The van der Waals surface area contributed by atoms with Gasteiger partial charge >= 0.3 is 0 Å². The van der Waals surface area contributed by atoms with Crippen LogP contribution in [0.2, 0.25) is 5.02 Å². The molecular weight excluding hydrogens is 348 g/mol. The van der Waals surface area contributed by atoms with Gasteiger partial charge in [-0.15, -0.1) is 0 Å². The number of hydrogen-bond donors (Lipinski definition) is 2. The molecule has 2 N–H and O–H groups in total. The van der Waals surface area contributed by atoms with Crippen LogP contribution in [0.1, 0.15) is 23.7 Å². The van der Waals surface area contributed by atoms with Crippen molar-refractivity contribution in [3.8, 4) is 0 Å². The molecule has 0 amide bonds. The lowest BCUT2D eigenvalue weighted by atomic mass is 10.1. The molecule has 1 aromatic carbocycles. The molecule has 1 aliphatic heterocycles. The molecule has 1 saturated heterocycles. The maximum atomic E-state index is 6.28. The Balaban J connectivity index is 1.44. The largest absolute Gasteiger partial charge is 0.321 e. The molecule has 2 aromatic heterocycles. The zero-order chi connectivity index (χ0) is 17.8. The molecule has 1 fully saturated rings. The van der Waals surface area contributed by atoms with Crippen molar-refractivity contribution in [3.05, 3.63) is 65.2 Å². The van der Waals surface area contributed by atoms with Gasteiger partial charge < -0.3 is 10.6 Å². The van der Waals surface area contributed by atoms with Crippen LogP contribution >= 0.6 is 11.6 Å². The first-order valence-electron chi connectivity index (χ1n) is 8.85. The third-order valence-electron chi connectivity index (χ3n) is 4.58. The molecule has 1 atom stereocenters. The van der Waals surface area contributed by atoms with Crippen LogP contribution in [0, 0.1) is 0 Å². The summed E-state index contributed by atoms with van der Waals surface area (Å²) in [5, 5.41) is 11.6. The van der Waals surface area contributed by atoms with Gasteiger partial charge in [-0.25, -0.2) is 9.97 Å². The molecule has 3 heterocycles. The van der Waals surface area contributed by atoms with E-state index in [1.807, 2.05) is 29.1 Å². The second-order valence-corrected chi connectivity index (χ2v) is 6.86. The number of rotatable bonds is 6. The van der Waals surface area contributed by atoms with Gasteiger partial charge in [-0.1, -0.05) is 41.9 Å². The van der Waals surface area contributed by atoms with Gasteiger partial charge in [0, 0.05) is 12.7 Å². The first kappa shape index (κ1) is 17.0. The molecule has 0 spiro atoms. The van der Waals surface area contributed by atoms with Crippen LogP contribution in [0.4, 0.5) is 11.6 Å². The third-order valence-corrected chi connectivity index (χ3v) is 4.89. The van der Waals surface area contributed by atoms with Gasteiger partial charge in [-0.3, -0.25) is 4.68 Å². The van der Waals surface area contributed by atoms with Gasteiger partial charge in [0.1, 0.15) is 0 Å². The SMILES string of the molecule is Clc1cnc(Nc2cnn(C3CCNC3)c2)nc1CCc1ccccc1. The van der Waals surface area contributed by atoms with Crippen LogP contribution in [0.3, 0.4) is 0 Å². The average molecular weight is 369 g/mol. The molecule has 7 heteroatoms. The fraction of sp³-hybridized carbons (Fsp3) is 0.316. The predicted octanol–water partition coefficient (Wildman–Crippen LogP) is 3.39. The van der Waals surface area contributed by atoms with Gasteiger partial charge in [-0.2, -0.15) is 5.10 Å². The standard InChI is InChI=1S/C19H21ClN6/c20-17-12-22-19(25-18(17)7-6-14-4-2-1-3-5-14)24-15-10-23-26(13-15)16-8-9-21-11-16/h1-5,10,12-13,16,21H,6-9,11H2,(H,22,24,25). The van der Waals surface area contributed by atoms with Crippen molar-refractivity contribution >= 4 is 23.2 Å². The van der Waals surface area contributed by atoms with Crippen LogP contribution in [-0.4, -0.2) is 32.8 Å². The molecule has 1 aliphatic rings. The fourth-order valence-electron chi connectivity index (χ4n) is 3.14. The van der Waals surface area contributed by atoms with E-state index in [1.165, 1.54) is 5.56 Å². The van der Waals surface area contributed by atoms with Crippen LogP contribution in [-0.2, 0) is 12.8 Å². The fourth-order valence-corrected chi connectivity index (χ4v) is 3.33. The van der Waals surface area contributed by atoms with Gasteiger partial charge in [-0.05, 0) is 31.4 Å². The minimum absolute atomic E-state index is 0.415. The van der Waals surface area contributed by atoms with E-state index in [0.29, 0.717) is 17.0 Å². The third kappa shape index (κ3) is 4.03. The lowest BCUT2D eigenvalue weighted by molar-refractivity contribution is 0.491. The van der Waals surface area contributed by atoms with Crippen molar-refractivity contribution < 1.29 is 0 Å². The zero-order valence-corrected chi connectivity index (χ0v) is 15.2.